The summed E-state index contributed by atoms with van der Waals surface area (Å²) in [5.41, 5.74) is 3.04. The quantitative estimate of drug-likeness (QED) is 0.633. The van der Waals surface area contributed by atoms with Crippen LogP contribution in [0.4, 0.5) is 5.69 Å². The van der Waals surface area contributed by atoms with Crippen LogP contribution >= 0.6 is 11.6 Å². The second-order valence-electron chi connectivity index (χ2n) is 7.77. The Kier molecular flexibility index (Phi) is 4.90. The molecular weight excluding hydrogens is 416 g/mol. The first kappa shape index (κ1) is 19.6. The molecule has 0 saturated carbocycles. The van der Waals surface area contributed by atoms with Gasteiger partial charge in [-0.1, -0.05) is 35.9 Å². The van der Waals surface area contributed by atoms with Crippen LogP contribution in [0, 0.1) is 0 Å². The number of carbonyl (C=O) groups excluding carboxylic acids is 2. The molecule has 0 bridgehead atoms. The van der Waals surface area contributed by atoms with Crippen molar-refractivity contribution in [1.29, 1.82) is 0 Å². The molecule has 0 spiro atoms. The van der Waals surface area contributed by atoms with Gasteiger partial charge in [-0.15, -0.1) is 0 Å². The van der Waals surface area contributed by atoms with E-state index in [2.05, 4.69) is 5.10 Å². The Hall–Kier alpha value is -3.32. The molecule has 2 aromatic carbocycles. The number of hydrogen-bond donors (Lipinski definition) is 0. The van der Waals surface area contributed by atoms with E-state index in [1.54, 1.807) is 21.5 Å². The third-order valence-corrected chi connectivity index (χ3v) is 6.05. The zero-order chi connectivity index (χ0) is 21.5. The van der Waals surface area contributed by atoms with Gasteiger partial charge >= 0.3 is 0 Å². The summed E-state index contributed by atoms with van der Waals surface area (Å²) in [6, 6.07) is 14.2. The van der Waals surface area contributed by atoms with Crippen LogP contribution < -0.4 is 9.64 Å². The maximum Gasteiger partial charge on any atom is 0.275 e. The minimum Gasteiger partial charge on any atom is -0.489 e. The minimum atomic E-state index is -0.695. The fourth-order valence-corrected chi connectivity index (χ4v) is 4.25. The number of benzene rings is 2. The Morgan fingerprint density at radius 1 is 1.13 bits per heavy atom. The summed E-state index contributed by atoms with van der Waals surface area (Å²) in [4.78, 5) is 29.6. The van der Waals surface area contributed by atoms with Crippen LogP contribution in [0.1, 0.15) is 21.6 Å². The van der Waals surface area contributed by atoms with Gasteiger partial charge in [0, 0.05) is 30.4 Å². The lowest BCUT2D eigenvalue weighted by Crippen LogP contribution is -2.54. The summed E-state index contributed by atoms with van der Waals surface area (Å²) in [5, 5.41) is 5.21. The normalized spacial score (nSPS) is 18.3. The summed E-state index contributed by atoms with van der Waals surface area (Å²) >= 11 is 5.96. The van der Waals surface area contributed by atoms with Gasteiger partial charge in [-0.25, -0.2) is 0 Å². The highest BCUT2D eigenvalue weighted by Crippen LogP contribution is 2.32. The predicted molar refractivity (Wildman–Crippen MR) is 117 cm³/mol. The summed E-state index contributed by atoms with van der Waals surface area (Å²) < 4.78 is 7.66. The van der Waals surface area contributed by atoms with Crippen LogP contribution in [0.25, 0.3) is 0 Å². The molecule has 0 aliphatic carbocycles. The molecule has 0 N–H and O–H groups in total. The SMILES string of the molecule is CN1C(=O)[C@@H](N2CCc3cn(Cc4ccc(Cl)cc4)nc3C2=O)COc2ccccc21. The maximum atomic E-state index is 13.3. The minimum absolute atomic E-state index is 0.118. The van der Waals surface area contributed by atoms with E-state index in [-0.39, 0.29) is 18.4 Å². The number of amides is 2. The number of carbonyl (C=O) groups is 2. The first-order chi connectivity index (χ1) is 15.0. The molecule has 3 heterocycles. The number of para-hydroxylation sites is 2. The molecule has 0 fully saturated rings. The number of rotatable bonds is 3. The van der Waals surface area contributed by atoms with Gasteiger partial charge in [0.05, 0.1) is 12.2 Å². The van der Waals surface area contributed by atoms with Crippen molar-refractivity contribution >= 4 is 29.1 Å². The lowest BCUT2D eigenvalue weighted by atomic mass is 10.0. The highest BCUT2D eigenvalue weighted by atomic mass is 35.5. The van der Waals surface area contributed by atoms with E-state index in [9.17, 15) is 9.59 Å². The van der Waals surface area contributed by atoms with Crippen molar-refractivity contribution in [3.63, 3.8) is 0 Å². The summed E-state index contributed by atoms with van der Waals surface area (Å²) in [6.45, 7) is 1.11. The van der Waals surface area contributed by atoms with E-state index in [0.717, 1.165) is 11.1 Å². The molecule has 158 valence electrons. The van der Waals surface area contributed by atoms with Gasteiger partial charge in [0.2, 0.25) is 0 Å². The number of aromatic nitrogens is 2. The number of nitrogens with zero attached hydrogens (tertiary/aromatic N) is 4. The molecule has 8 heteroatoms. The molecule has 2 aliphatic heterocycles. The van der Waals surface area contributed by atoms with Crippen molar-refractivity contribution in [2.45, 2.75) is 19.0 Å². The molecule has 1 atom stereocenters. The summed E-state index contributed by atoms with van der Waals surface area (Å²) in [5.74, 6) is 0.234. The number of hydrogen-bond acceptors (Lipinski definition) is 4. The highest BCUT2D eigenvalue weighted by molar-refractivity contribution is 6.30. The van der Waals surface area contributed by atoms with Crippen molar-refractivity contribution in [1.82, 2.24) is 14.7 Å². The first-order valence-electron chi connectivity index (χ1n) is 10.1. The zero-order valence-electron chi connectivity index (χ0n) is 17.0. The molecule has 3 aromatic rings. The van der Waals surface area contributed by atoms with E-state index in [1.807, 2.05) is 54.7 Å². The Bertz CT molecular complexity index is 1160. The predicted octanol–water partition coefficient (Wildman–Crippen LogP) is 3.01. The van der Waals surface area contributed by atoms with E-state index in [1.165, 1.54) is 0 Å². The fourth-order valence-electron chi connectivity index (χ4n) is 4.12. The van der Waals surface area contributed by atoms with Gasteiger partial charge in [0.1, 0.15) is 18.4 Å². The van der Waals surface area contributed by atoms with Crippen molar-refractivity contribution in [3.8, 4) is 5.75 Å². The summed E-state index contributed by atoms with van der Waals surface area (Å²) in [6.07, 6.45) is 2.55. The number of anilines is 1. The Balaban J connectivity index is 1.38. The lowest BCUT2D eigenvalue weighted by molar-refractivity contribution is -0.123. The Labute approximate surface area is 184 Å². The van der Waals surface area contributed by atoms with Crippen LogP contribution in [0.3, 0.4) is 0 Å². The first-order valence-corrected chi connectivity index (χ1v) is 10.5. The van der Waals surface area contributed by atoms with E-state index in [0.29, 0.717) is 41.7 Å². The van der Waals surface area contributed by atoms with Gasteiger partial charge in [-0.05, 0) is 36.2 Å². The van der Waals surface area contributed by atoms with Crippen LogP contribution in [-0.2, 0) is 17.8 Å². The second-order valence-corrected chi connectivity index (χ2v) is 8.20. The van der Waals surface area contributed by atoms with Gasteiger partial charge < -0.3 is 14.5 Å². The molecule has 2 aliphatic rings. The molecule has 31 heavy (non-hydrogen) atoms. The maximum absolute atomic E-state index is 13.3. The molecule has 0 unspecified atom stereocenters. The molecule has 7 nitrogen and oxygen atoms in total. The summed E-state index contributed by atoms with van der Waals surface area (Å²) in [7, 11) is 1.71. The van der Waals surface area contributed by atoms with Crippen LogP contribution in [0.15, 0.2) is 54.7 Å². The van der Waals surface area contributed by atoms with Crippen molar-refractivity contribution in [2.24, 2.45) is 0 Å². The molecule has 5 rings (SSSR count). The number of halogens is 1. The largest absolute Gasteiger partial charge is 0.489 e. The van der Waals surface area contributed by atoms with E-state index >= 15 is 0 Å². The smallest absolute Gasteiger partial charge is 0.275 e. The van der Waals surface area contributed by atoms with Crippen LogP contribution in [-0.4, -0.2) is 52.7 Å². The van der Waals surface area contributed by atoms with Crippen LogP contribution in [0.5, 0.6) is 5.75 Å². The molecule has 0 radical (unpaired) electrons. The number of ether oxygens (including phenoxy) is 1. The van der Waals surface area contributed by atoms with Crippen molar-refractivity contribution < 1.29 is 14.3 Å². The second kappa shape index (κ2) is 7.74. The number of likely N-dealkylation sites (N-methyl/N-ethyl adjacent to an activating group) is 1. The van der Waals surface area contributed by atoms with Gasteiger partial charge in [-0.3, -0.25) is 14.3 Å². The van der Waals surface area contributed by atoms with Gasteiger partial charge in [0.15, 0.2) is 5.69 Å². The van der Waals surface area contributed by atoms with Gasteiger partial charge in [-0.2, -0.15) is 5.10 Å². The van der Waals surface area contributed by atoms with Crippen molar-refractivity contribution in [3.05, 3.63) is 76.6 Å². The Morgan fingerprint density at radius 3 is 2.71 bits per heavy atom. The third kappa shape index (κ3) is 3.55. The van der Waals surface area contributed by atoms with Crippen molar-refractivity contribution in [2.75, 3.05) is 25.1 Å². The average molecular weight is 437 g/mol. The topological polar surface area (TPSA) is 67.7 Å². The highest BCUT2D eigenvalue weighted by Gasteiger charge is 2.39. The molecule has 1 aromatic heterocycles. The monoisotopic (exact) mass is 436 g/mol. The van der Waals surface area contributed by atoms with Crippen LogP contribution in [0.2, 0.25) is 5.02 Å². The fraction of sp³-hybridized carbons (Fsp3) is 0.261. The van der Waals surface area contributed by atoms with E-state index in [4.69, 9.17) is 16.3 Å². The zero-order valence-corrected chi connectivity index (χ0v) is 17.7. The Morgan fingerprint density at radius 2 is 1.90 bits per heavy atom. The van der Waals surface area contributed by atoms with Gasteiger partial charge in [0.25, 0.3) is 11.8 Å². The third-order valence-electron chi connectivity index (χ3n) is 5.80. The number of fused-ring (bicyclic) bond motifs is 2. The van der Waals surface area contributed by atoms with E-state index < -0.39 is 6.04 Å². The standard InChI is InChI=1S/C23H21ClN4O3/c1-26-18-4-2-3-5-20(18)31-14-19(22(26)29)28-11-10-16-13-27(25-21(16)23(28)30)12-15-6-8-17(24)9-7-15/h2-9,13,19H,10-12,14H2,1H3/t19-/m0/s1. The molecular formula is C23H21ClN4O3. The molecule has 2 amide bonds. The average Bonchev–Trinajstić information content (AvgIpc) is 3.14. The lowest BCUT2D eigenvalue weighted by Gasteiger charge is -2.33. The molecule has 0 saturated heterocycles.